The molecule has 6 nitrogen and oxygen atoms in total. The smallest absolute Gasteiger partial charge is 0.330 e. The predicted molar refractivity (Wildman–Crippen MR) is 84.6 cm³/mol. The van der Waals surface area contributed by atoms with Crippen molar-refractivity contribution >= 4 is 23.1 Å². The highest BCUT2D eigenvalue weighted by Crippen LogP contribution is 2.19. The molecule has 0 fully saturated rings. The normalized spacial score (nSPS) is 11.3. The minimum Gasteiger partial charge on any atom is -0.494 e. The van der Waals surface area contributed by atoms with Gasteiger partial charge in [0, 0.05) is 18.6 Å². The second-order valence-electron chi connectivity index (χ2n) is 4.81. The molecule has 0 bridgehead atoms. The molecular formula is C16H13N3O3. The van der Waals surface area contributed by atoms with E-state index in [2.05, 4.69) is 9.97 Å². The van der Waals surface area contributed by atoms with E-state index in [0.717, 1.165) is 21.0 Å². The lowest BCUT2D eigenvalue weighted by molar-refractivity contribution is 0.416. The van der Waals surface area contributed by atoms with Gasteiger partial charge in [0.05, 0.1) is 5.52 Å². The van der Waals surface area contributed by atoms with Gasteiger partial charge < -0.3 is 5.11 Å². The van der Waals surface area contributed by atoms with Gasteiger partial charge in [-0.25, -0.2) is 4.79 Å². The predicted octanol–water partition coefficient (Wildman–Crippen LogP) is 1.50. The number of pyridine rings is 1. The lowest BCUT2D eigenvalue weighted by Gasteiger charge is -2.04. The molecule has 2 N–H and O–H groups in total. The summed E-state index contributed by atoms with van der Waals surface area (Å²) < 4.78 is 0.978. The molecule has 0 spiro atoms. The number of H-pyrrole nitrogens is 1. The molecule has 0 aliphatic carbocycles. The minimum atomic E-state index is -0.658. The van der Waals surface area contributed by atoms with Gasteiger partial charge in [-0.05, 0) is 23.8 Å². The zero-order valence-electron chi connectivity index (χ0n) is 11.8. The topological polar surface area (TPSA) is 88.0 Å². The van der Waals surface area contributed by atoms with Crippen LogP contribution in [0.15, 0.2) is 46.1 Å². The second kappa shape index (κ2) is 5.33. The van der Waals surface area contributed by atoms with E-state index in [1.165, 1.54) is 13.1 Å². The van der Waals surface area contributed by atoms with Crippen LogP contribution < -0.4 is 11.2 Å². The number of nitrogens with one attached hydrogen (secondary N) is 1. The molecule has 0 radical (unpaired) electrons. The van der Waals surface area contributed by atoms with E-state index >= 15 is 0 Å². The summed E-state index contributed by atoms with van der Waals surface area (Å²) >= 11 is 0. The Morgan fingerprint density at radius 3 is 2.77 bits per heavy atom. The minimum absolute atomic E-state index is 0.0305. The number of fused-ring (bicyclic) bond motifs is 1. The molecule has 0 aliphatic rings. The van der Waals surface area contributed by atoms with Crippen molar-refractivity contribution in [2.75, 3.05) is 0 Å². The van der Waals surface area contributed by atoms with Gasteiger partial charge in [0.25, 0.3) is 5.56 Å². The number of aromatic hydroxyl groups is 1. The molecule has 3 aromatic rings. The maximum atomic E-state index is 11.8. The SMILES string of the molecule is Cn1c(O)c(C=Cc2ccnc3ccccc23)c(=O)[nH]c1=O. The molecule has 0 amide bonds. The summed E-state index contributed by atoms with van der Waals surface area (Å²) in [7, 11) is 1.38. The first-order valence-electron chi connectivity index (χ1n) is 6.62. The van der Waals surface area contributed by atoms with Crippen molar-refractivity contribution in [2.45, 2.75) is 0 Å². The molecule has 0 aliphatic heterocycles. The highest BCUT2D eigenvalue weighted by atomic mass is 16.3. The van der Waals surface area contributed by atoms with E-state index in [4.69, 9.17) is 0 Å². The van der Waals surface area contributed by atoms with Crippen LogP contribution in [0.25, 0.3) is 23.1 Å². The summed E-state index contributed by atoms with van der Waals surface area (Å²) in [4.78, 5) is 29.6. The van der Waals surface area contributed by atoms with Gasteiger partial charge in [0.15, 0.2) is 0 Å². The van der Waals surface area contributed by atoms with E-state index in [1.807, 2.05) is 30.3 Å². The van der Waals surface area contributed by atoms with Gasteiger partial charge in [0.2, 0.25) is 5.88 Å². The van der Waals surface area contributed by atoms with Crippen molar-refractivity contribution in [2.24, 2.45) is 7.05 Å². The zero-order valence-corrected chi connectivity index (χ0v) is 11.8. The summed E-state index contributed by atoms with van der Waals surface area (Å²) in [6, 6.07) is 9.42. The van der Waals surface area contributed by atoms with Gasteiger partial charge in [-0.1, -0.05) is 24.3 Å². The standard InChI is InChI=1S/C16H13N3O3/c1-19-15(21)12(14(20)18-16(19)22)7-6-10-8-9-17-13-5-3-2-4-11(10)13/h2-9,21H,1H3,(H,18,20,22). The van der Waals surface area contributed by atoms with Crippen LogP contribution >= 0.6 is 0 Å². The van der Waals surface area contributed by atoms with Crippen LogP contribution in [0.1, 0.15) is 11.1 Å². The lowest BCUT2D eigenvalue weighted by atomic mass is 10.1. The van der Waals surface area contributed by atoms with E-state index in [0.29, 0.717) is 0 Å². The Hall–Kier alpha value is -3.15. The fraction of sp³-hybridized carbons (Fsp3) is 0.0625. The zero-order chi connectivity index (χ0) is 15.7. The summed E-state index contributed by atoms with van der Waals surface area (Å²) in [5.74, 6) is -0.372. The monoisotopic (exact) mass is 295 g/mol. The molecule has 0 saturated carbocycles. The Labute approximate surface area is 125 Å². The van der Waals surface area contributed by atoms with Crippen LogP contribution in [0.2, 0.25) is 0 Å². The molecule has 0 saturated heterocycles. The molecule has 6 heteroatoms. The van der Waals surface area contributed by atoms with Crippen molar-refractivity contribution in [3.63, 3.8) is 0 Å². The third kappa shape index (κ3) is 2.31. The average molecular weight is 295 g/mol. The number of nitrogens with zero attached hydrogens (tertiary/aromatic N) is 2. The Balaban J connectivity index is 2.14. The van der Waals surface area contributed by atoms with Crippen molar-refractivity contribution < 1.29 is 5.11 Å². The van der Waals surface area contributed by atoms with Crippen molar-refractivity contribution in [1.82, 2.24) is 14.5 Å². The summed E-state index contributed by atoms with van der Waals surface area (Å²) in [6.45, 7) is 0. The first-order valence-corrected chi connectivity index (χ1v) is 6.62. The molecule has 2 aromatic heterocycles. The maximum Gasteiger partial charge on any atom is 0.330 e. The van der Waals surface area contributed by atoms with Gasteiger partial charge in [0.1, 0.15) is 5.56 Å². The van der Waals surface area contributed by atoms with Crippen molar-refractivity contribution in [1.29, 1.82) is 0 Å². The van der Waals surface area contributed by atoms with Crippen LogP contribution in [0.4, 0.5) is 0 Å². The number of benzene rings is 1. The van der Waals surface area contributed by atoms with Crippen molar-refractivity contribution in [3.05, 3.63) is 68.5 Å². The highest BCUT2D eigenvalue weighted by Gasteiger charge is 2.08. The fourth-order valence-electron chi connectivity index (χ4n) is 2.21. The maximum absolute atomic E-state index is 11.8. The first-order chi connectivity index (χ1) is 10.6. The number of rotatable bonds is 2. The average Bonchev–Trinajstić information content (AvgIpc) is 2.53. The summed E-state index contributed by atoms with van der Waals surface area (Å²) in [6.07, 6.45) is 4.86. The Morgan fingerprint density at radius 2 is 1.95 bits per heavy atom. The molecule has 0 unspecified atom stereocenters. The highest BCUT2D eigenvalue weighted by molar-refractivity contribution is 5.90. The van der Waals surface area contributed by atoms with Gasteiger partial charge >= 0.3 is 5.69 Å². The van der Waals surface area contributed by atoms with E-state index in [-0.39, 0.29) is 11.4 Å². The Kier molecular flexibility index (Phi) is 3.34. The fourth-order valence-corrected chi connectivity index (χ4v) is 2.21. The van der Waals surface area contributed by atoms with Crippen LogP contribution in [0, 0.1) is 0 Å². The molecular weight excluding hydrogens is 282 g/mol. The van der Waals surface area contributed by atoms with Crippen molar-refractivity contribution in [3.8, 4) is 5.88 Å². The number of hydrogen-bond donors (Lipinski definition) is 2. The summed E-state index contributed by atoms with van der Waals surface area (Å²) in [5.41, 5.74) is 0.439. The van der Waals surface area contributed by atoms with Gasteiger partial charge in [-0.3, -0.25) is 19.3 Å². The number of aromatic nitrogens is 3. The third-order valence-corrected chi connectivity index (χ3v) is 3.44. The second-order valence-corrected chi connectivity index (χ2v) is 4.81. The molecule has 2 heterocycles. The molecule has 3 rings (SSSR count). The van der Waals surface area contributed by atoms with Crippen LogP contribution in [0.5, 0.6) is 5.88 Å². The van der Waals surface area contributed by atoms with Crippen LogP contribution in [-0.2, 0) is 7.05 Å². The van der Waals surface area contributed by atoms with Gasteiger partial charge in [-0.15, -0.1) is 0 Å². The quantitative estimate of drug-likeness (QED) is 0.750. The van der Waals surface area contributed by atoms with Crippen LogP contribution in [0.3, 0.4) is 0 Å². The molecule has 1 aromatic carbocycles. The Bertz CT molecular complexity index is 994. The number of para-hydroxylation sites is 1. The molecule has 22 heavy (non-hydrogen) atoms. The van der Waals surface area contributed by atoms with Gasteiger partial charge in [-0.2, -0.15) is 0 Å². The largest absolute Gasteiger partial charge is 0.494 e. The van der Waals surface area contributed by atoms with E-state index in [1.54, 1.807) is 12.3 Å². The first kappa shape index (κ1) is 13.8. The summed E-state index contributed by atoms with van der Waals surface area (Å²) in [5, 5.41) is 10.9. The Morgan fingerprint density at radius 1 is 1.18 bits per heavy atom. The van der Waals surface area contributed by atoms with Crippen LogP contribution in [-0.4, -0.2) is 19.6 Å². The molecule has 0 atom stereocenters. The lowest BCUT2D eigenvalue weighted by Crippen LogP contribution is -2.29. The molecule has 110 valence electrons. The third-order valence-electron chi connectivity index (χ3n) is 3.44. The number of aromatic amines is 1. The van der Waals surface area contributed by atoms with E-state index < -0.39 is 11.2 Å². The number of hydrogen-bond acceptors (Lipinski definition) is 4. The van der Waals surface area contributed by atoms with E-state index in [9.17, 15) is 14.7 Å².